The highest BCUT2D eigenvalue weighted by atomic mass is 16.6. The van der Waals surface area contributed by atoms with Crippen LogP contribution in [0.5, 0.6) is 0 Å². The summed E-state index contributed by atoms with van der Waals surface area (Å²) in [7, 11) is 1.33. The van der Waals surface area contributed by atoms with Gasteiger partial charge in [0.25, 0.3) is 5.69 Å². The van der Waals surface area contributed by atoms with Crippen LogP contribution in [0.15, 0.2) is 59.9 Å². The minimum Gasteiger partial charge on any atom is -0.503 e. The molecule has 0 saturated heterocycles. The number of nitro benzene ring substituents is 1. The molecule has 0 aliphatic rings. The SMILES string of the molecule is CO/C=C(/C(=O)O)c1ccccc1/C(Cc1cccc([N+](=O)[O-])c1)=N/O. The number of nitrogens with zero attached hydrogens (tertiary/aromatic N) is 2. The molecule has 2 aromatic rings. The molecule has 0 unspecified atom stereocenters. The Morgan fingerprint density at radius 2 is 1.92 bits per heavy atom. The zero-order chi connectivity index (χ0) is 19.1. The second-order valence-corrected chi connectivity index (χ2v) is 5.27. The summed E-state index contributed by atoms with van der Waals surface area (Å²) in [6, 6.07) is 12.4. The van der Waals surface area contributed by atoms with Crippen LogP contribution in [0.2, 0.25) is 0 Å². The molecule has 0 atom stereocenters. The maximum atomic E-state index is 11.5. The highest BCUT2D eigenvalue weighted by molar-refractivity contribution is 6.19. The average molecular weight is 356 g/mol. The van der Waals surface area contributed by atoms with Gasteiger partial charge in [-0.1, -0.05) is 41.6 Å². The number of rotatable bonds is 7. The van der Waals surface area contributed by atoms with Crippen LogP contribution in [0, 0.1) is 10.1 Å². The number of hydrogen-bond acceptors (Lipinski definition) is 6. The first-order valence-corrected chi connectivity index (χ1v) is 7.48. The fourth-order valence-electron chi connectivity index (χ4n) is 2.47. The molecular formula is C18H16N2O6. The first-order valence-electron chi connectivity index (χ1n) is 7.48. The quantitative estimate of drug-likeness (QED) is 0.196. The summed E-state index contributed by atoms with van der Waals surface area (Å²) < 4.78 is 4.83. The molecule has 0 saturated carbocycles. The molecule has 0 amide bonds. The van der Waals surface area contributed by atoms with Crippen LogP contribution >= 0.6 is 0 Å². The molecule has 0 spiro atoms. The van der Waals surface area contributed by atoms with E-state index in [-0.39, 0.29) is 23.4 Å². The Morgan fingerprint density at radius 3 is 2.50 bits per heavy atom. The third-order valence-electron chi connectivity index (χ3n) is 3.61. The molecule has 0 bridgehead atoms. The third kappa shape index (κ3) is 4.23. The number of methoxy groups -OCH3 is 1. The smallest absolute Gasteiger partial charge is 0.339 e. The molecule has 26 heavy (non-hydrogen) atoms. The normalized spacial score (nSPS) is 11.9. The van der Waals surface area contributed by atoms with E-state index in [0.29, 0.717) is 16.7 Å². The third-order valence-corrected chi connectivity index (χ3v) is 3.61. The molecule has 134 valence electrons. The van der Waals surface area contributed by atoms with Crippen molar-refractivity contribution in [2.75, 3.05) is 7.11 Å². The number of benzene rings is 2. The van der Waals surface area contributed by atoms with Crippen LogP contribution in [0.1, 0.15) is 16.7 Å². The molecule has 0 fully saturated rings. The Hall–Kier alpha value is -3.68. The molecule has 0 aliphatic carbocycles. The number of carbonyl (C=O) groups is 1. The zero-order valence-electron chi connectivity index (χ0n) is 13.8. The second-order valence-electron chi connectivity index (χ2n) is 5.27. The lowest BCUT2D eigenvalue weighted by Crippen LogP contribution is -2.11. The Kier molecular flexibility index (Phi) is 6.05. The molecular weight excluding hydrogens is 340 g/mol. The Morgan fingerprint density at radius 1 is 1.23 bits per heavy atom. The predicted molar refractivity (Wildman–Crippen MR) is 94.2 cm³/mol. The van der Waals surface area contributed by atoms with E-state index < -0.39 is 10.9 Å². The van der Waals surface area contributed by atoms with Crippen LogP contribution in [0.25, 0.3) is 5.57 Å². The highest BCUT2D eigenvalue weighted by Crippen LogP contribution is 2.23. The topological polar surface area (TPSA) is 122 Å². The minimum atomic E-state index is -1.20. The number of non-ortho nitro benzene ring substituents is 1. The van der Waals surface area contributed by atoms with Gasteiger partial charge in [-0.05, 0) is 5.56 Å². The summed E-state index contributed by atoms with van der Waals surface area (Å²) in [6.45, 7) is 0. The van der Waals surface area contributed by atoms with Crippen LogP contribution < -0.4 is 0 Å². The molecule has 2 aromatic carbocycles. The van der Waals surface area contributed by atoms with Gasteiger partial charge in [-0.25, -0.2) is 4.79 Å². The zero-order valence-corrected chi connectivity index (χ0v) is 13.8. The summed E-state index contributed by atoms with van der Waals surface area (Å²) in [5.41, 5.74) is 1.22. The maximum absolute atomic E-state index is 11.5. The first-order chi connectivity index (χ1) is 12.5. The van der Waals surface area contributed by atoms with Gasteiger partial charge in [-0.3, -0.25) is 10.1 Å². The fourth-order valence-corrected chi connectivity index (χ4v) is 2.47. The van der Waals surface area contributed by atoms with E-state index in [2.05, 4.69) is 5.16 Å². The van der Waals surface area contributed by atoms with Crippen molar-refractivity contribution in [1.29, 1.82) is 0 Å². The Labute approximate surface area is 148 Å². The van der Waals surface area contributed by atoms with Gasteiger partial charge in [-0.2, -0.15) is 0 Å². The number of oxime groups is 1. The van der Waals surface area contributed by atoms with Gasteiger partial charge >= 0.3 is 5.97 Å². The van der Waals surface area contributed by atoms with Crippen molar-refractivity contribution in [3.63, 3.8) is 0 Å². The Balaban J connectivity index is 2.46. The molecule has 0 radical (unpaired) electrons. The van der Waals surface area contributed by atoms with E-state index in [0.717, 1.165) is 6.26 Å². The second kappa shape index (κ2) is 8.43. The minimum absolute atomic E-state index is 0.0784. The van der Waals surface area contributed by atoms with Crippen molar-refractivity contribution in [2.24, 2.45) is 5.16 Å². The van der Waals surface area contributed by atoms with Crippen molar-refractivity contribution >= 4 is 22.9 Å². The van der Waals surface area contributed by atoms with E-state index in [1.54, 1.807) is 30.3 Å². The van der Waals surface area contributed by atoms with Gasteiger partial charge in [0.15, 0.2) is 0 Å². The van der Waals surface area contributed by atoms with Crippen molar-refractivity contribution < 1.29 is 24.8 Å². The maximum Gasteiger partial charge on any atom is 0.339 e. The van der Waals surface area contributed by atoms with E-state index in [4.69, 9.17) is 4.74 Å². The molecule has 0 heterocycles. The molecule has 0 aliphatic heterocycles. The lowest BCUT2D eigenvalue weighted by molar-refractivity contribution is -0.384. The molecule has 2 rings (SSSR count). The number of aliphatic carboxylic acids is 1. The summed E-state index contributed by atoms with van der Waals surface area (Å²) >= 11 is 0. The van der Waals surface area contributed by atoms with Crippen molar-refractivity contribution in [2.45, 2.75) is 6.42 Å². The van der Waals surface area contributed by atoms with Crippen LogP contribution in [0.3, 0.4) is 0 Å². The van der Waals surface area contributed by atoms with Crippen LogP contribution in [-0.4, -0.2) is 34.0 Å². The lowest BCUT2D eigenvalue weighted by Gasteiger charge is -2.12. The van der Waals surface area contributed by atoms with Gasteiger partial charge in [0.1, 0.15) is 5.57 Å². The average Bonchev–Trinajstić information content (AvgIpc) is 2.64. The van der Waals surface area contributed by atoms with Gasteiger partial charge in [0.2, 0.25) is 0 Å². The van der Waals surface area contributed by atoms with Crippen LogP contribution in [-0.2, 0) is 16.0 Å². The molecule has 2 N–H and O–H groups in total. The first kappa shape index (κ1) is 18.7. The van der Waals surface area contributed by atoms with E-state index in [1.807, 2.05) is 0 Å². The monoisotopic (exact) mass is 356 g/mol. The summed E-state index contributed by atoms with van der Waals surface area (Å²) in [5, 5.41) is 33.0. The van der Waals surface area contributed by atoms with Gasteiger partial charge in [-0.15, -0.1) is 0 Å². The largest absolute Gasteiger partial charge is 0.503 e. The lowest BCUT2D eigenvalue weighted by atomic mass is 9.94. The highest BCUT2D eigenvalue weighted by Gasteiger charge is 2.19. The van der Waals surface area contributed by atoms with Gasteiger partial charge in [0.05, 0.1) is 24.0 Å². The Bertz CT molecular complexity index is 889. The summed E-state index contributed by atoms with van der Waals surface area (Å²) in [5.74, 6) is -1.20. The van der Waals surface area contributed by atoms with E-state index >= 15 is 0 Å². The van der Waals surface area contributed by atoms with Gasteiger partial charge in [0, 0.05) is 29.7 Å². The molecule has 8 nitrogen and oxygen atoms in total. The van der Waals surface area contributed by atoms with Crippen molar-refractivity contribution in [3.05, 3.63) is 81.6 Å². The van der Waals surface area contributed by atoms with E-state index in [9.17, 15) is 25.2 Å². The number of carboxylic acids is 1. The van der Waals surface area contributed by atoms with Crippen molar-refractivity contribution in [3.8, 4) is 0 Å². The van der Waals surface area contributed by atoms with Crippen molar-refractivity contribution in [1.82, 2.24) is 0 Å². The predicted octanol–water partition coefficient (Wildman–Crippen LogP) is 3.09. The van der Waals surface area contributed by atoms with Gasteiger partial charge < -0.3 is 15.1 Å². The summed E-state index contributed by atoms with van der Waals surface area (Å²) in [6.07, 6.45) is 1.17. The van der Waals surface area contributed by atoms with E-state index in [1.165, 1.54) is 25.3 Å². The fraction of sp³-hybridized carbons (Fsp3) is 0.111. The standard InChI is InChI=1S/C18H16N2O6/c1-26-11-16(18(21)22)14-7-2-3-8-15(14)17(19-23)10-12-5-4-6-13(9-12)20(24)25/h2-9,11,23H,10H2,1H3,(H,21,22)/b16-11+,19-17+. The number of hydrogen-bond donors (Lipinski definition) is 2. The molecule has 0 aromatic heterocycles. The summed E-state index contributed by atoms with van der Waals surface area (Å²) in [4.78, 5) is 21.9. The number of nitro groups is 1. The molecule has 8 heteroatoms. The van der Waals surface area contributed by atoms with Crippen LogP contribution in [0.4, 0.5) is 5.69 Å². The number of ether oxygens (including phenoxy) is 1. The number of carboxylic acid groups (broad SMARTS) is 1.